The fourth-order valence-corrected chi connectivity index (χ4v) is 2.30. The molecule has 0 radical (unpaired) electrons. The molecule has 0 aliphatic carbocycles. The molecule has 0 saturated carbocycles. The summed E-state index contributed by atoms with van der Waals surface area (Å²) >= 11 is 1.24. The Hall–Kier alpha value is -2.37. The van der Waals surface area contributed by atoms with Crippen molar-refractivity contribution in [3.63, 3.8) is 0 Å². The molecule has 1 aromatic rings. The monoisotopic (exact) mass is 400 g/mol. The van der Waals surface area contributed by atoms with Crippen molar-refractivity contribution in [1.29, 1.82) is 0 Å². The Balaban J connectivity index is 3.10. The average molecular weight is 400 g/mol. The molecule has 0 fully saturated rings. The number of rotatable bonds is 8. The second kappa shape index (κ2) is 9.36. The summed E-state index contributed by atoms with van der Waals surface area (Å²) in [5.74, 6) is -15.5. The van der Waals surface area contributed by atoms with Crippen LogP contribution in [0.4, 0.5) is 22.0 Å². The number of carbonyl (C=O) groups is 3. The highest BCUT2D eigenvalue weighted by Crippen LogP contribution is 2.23. The first kappa shape index (κ1) is 21.7. The van der Waals surface area contributed by atoms with Crippen molar-refractivity contribution < 1.29 is 41.4 Å². The van der Waals surface area contributed by atoms with E-state index < -0.39 is 65.0 Å². The molecule has 0 aliphatic rings. The lowest BCUT2D eigenvalue weighted by atomic mass is 10.1. The van der Waals surface area contributed by atoms with E-state index >= 15 is 0 Å². The first-order valence-corrected chi connectivity index (χ1v) is 8.31. The fraction of sp³-hybridized carbons (Fsp3) is 0.357. The Bertz CT molecular complexity index is 703. The molecule has 0 bridgehead atoms. The van der Waals surface area contributed by atoms with Gasteiger partial charge in [0.1, 0.15) is 18.2 Å². The number of amides is 2. The van der Waals surface area contributed by atoms with Gasteiger partial charge in [0.05, 0.1) is 0 Å². The number of carboxylic acids is 1. The molecule has 26 heavy (non-hydrogen) atoms. The van der Waals surface area contributed by atoms with Gasteiger partial charge in [-0.15, -0.1) is 0 Å². The van der Waals surface area contributed by atoms with Crippen molar-refractivity contribution in [3.8, 4) is 0 Å². The number of hydrogen-bond donors (Lipinski definition) is 3. The average Bonchev–Trinajstić information content (AvgIpc) is 2.59. The molecule has 12 heteroatoms. The Morgan fingerprint density at radius 3 is 1.96 bits per heavy atom. The quantitative estimate of drug-likeness (QED) is 0.349. The van der Waals surface area contributed by atoms with Crippen LogP contribution in [0.15, 0.2) is 0 Å². The molecule has 0 heterocycles. The first-order valence-electron chi connectivity index (χ1n) is 6.92. The lowest BCUT2D eigenvalue weighted by Gasteiger charge is -2.18. The van der Waals surface area contributed by atoms with Crippen LogP contribution in [-0.2, 0) is 9.59 Å². The maximum atomic E-state index is 13.6. The normalized spacial score (nSPS) is 11.8. The number of aliphatic carboxylic acids is 1. The van der Waals surface area contributed by atoms with Gasteiger partial charge in [-0.05, 0) is 18.4 Å². The molecule has 0 unspecified atom stereocenters. The number of hydrogen-bond acceptors (Lipinski definition) is 4. The van der Waals surface area contributed by atoms with E-state index in [1.54, 1.807) is 6.26 Å². The van der Waals surface area contributed by atoms with Gasteiger partial charge >= 0.3 is 5.97 Å². The maximum absolute atomic E-state index is 13.6. The van der Waals surface area contributed by atoms with E-state index in [0.29, 0.717) is 0 Å². The minimum Gasteiger partial charge on any atom is -0.480 e. The highest BCUT2D eigenvalue weighted by Gasteiger charge is 2.31. The van der Waals surface area contributed by atoms with Crippen molar-refractivity contribution >= 4 is 29.5 Å². The standard InChI is InChI=1S/C14H13F5N2O4S/c1-26-3-2-5(13(24)20-4-6(22)23)21-14(25)7-8(15)10(17)12(19)11(18)9(7)16/h5H,2-4H2,1H3,(H,20,24)(H,21,25)(H,22,23)/t5-/m0/s1. The highest BCUT2D eigenvalue weighted by molar-refractivity contribution is 7.98. The van der Waals surface area contributed by atoms with Gasteiger partial charge in [-0.25, -0.2) is 22.0 Å². The van der Waals surface area contributed by atoms with Crippen LogP contribution in [0.3, 0.4) is 0 Å². The summed E-state index contributed by atoms with van der Waals surface area (Å²) in [7, 11) is 0. The van der Waals surface area contributed by atoms with Crippen molar-refractivity contribution in [3.05, 3.63) is 34.6 Å². The molecule has 2 amide bonds. The molecule has 1 rings (SSSR count). The van der Waals surface area contributed by atoms with Crippen LogP contribution < -0.4 is 10.6 Å². The minimum atomic E-state index is -2.42. The van der Waals surface area contributed by atoms with E-state index in [2.05, 4.69) is 0 Å². The van der Waals surface area contributed by atoms with E-state index in [9.17, 15) is 36.3 Å². The summed E-state index contributed by atoms with van der Waals surface area (Å²) in [5.41, 5.74) is -1.73. The zero-order chi connectivity index (χ0) is 20.0. The van der Waals surface area contributed by atoms with E-state index in [0.717, 1.165) is 0 Å². The molecule has 0 aromatic heterocycles. The molecule has 0 saturated heterocycles. The van der Waals surface area contributed by atoms with Gasteiger partial charge in [-0.2, -0.15) is 11.8 Å². The molecular weight excluding hydrogens is 387 g/mol. The second-order valence-electron chi connectivity index (χ2n) is 4.86. The number of halogens is 5. The predicted octanol–water partition coefficient (Wildman–Crippen LogP) is 1.43. The third-order valence-corrected chi connectivity index (χ3v) is 3.73. The summed E-state index contributed by atoms with van der Waals surface area (Å²) < 4.78 is 66.7. The van der Waals surface area contributed by atoms with Gasteiger partial charge in [-0.1, -0.05) is 0 Å². The van der Waals surface area contributed by atoms with Crippen molar-refractivity contribution in [2.75, 3.05) is 18.6 Å². The van der Waals surface area contributed by atoms with Crippen LogP contribution in [0, 0.1) is 29.1 Å². The Morgan fingerprint density at radius 1 is 1.00 bits per heavy atom. The summed E-state index contributed by atoms with van der Waals surface area (Å²) in [6.45, 7) is -0.785. The summed E-state index contributed by atoms with van der Waals surface area (Å²) in [5, 5.41) is 12.3. The maximum Gasteiger partial charge on any atom is 0.322 e. The SMILES string of the molecule is CSCC[C@H](NC(=O)c1c(F)c(F)c(F)c(F)c1F)C(=O)NCC(=O)O. The van der Waals surface area contributed by atoms with Gasteiger partial charge in [-0.3, -0.25) is 14.4 Å². The van der Waals surface area contributed by atoms with Crippen LogP contribution in [0.1, 0.15) is 16.8 Å². The zero-order valence-corrected chi connectivity index (χ0v) is 14.0. The third kappa shape index (κ3) is 5.07. The predicted molar refractivity (Wildman–Crippen MR) is 81.1 cm³/mol. The van der Waals surface area contributed by atoms with Crippen molar-refractivity contribution in [1.82, 2.24) is 10.6 Å². The fourth-order valence-electron chi connectivity index (χ4n) is 1.83. The lowest BCUT2D eigenvalue weighted by Crippen LogP contribution is -2.48. The van der Waals surface area contributed by atoms with Crippen LogP contribution in [0.25, 0.3) is 0 Å². The van der Waals surface area contributed by atoms with Gasteiger partial charge in [0.2, 0.25) is 11.7 Å². The lowest BCUT2D eigenvalue weighted by molar-refractivity contribution is -0.138. The van der Waals surface area contributed by atoms with Gasteiger partial charge in [0.15, 0.2) is 23.3 Å². The zero-order valence-electron chi connectivity index (χ0n) is 13.2. The number of nitrogens with one attached hydrogen (secondary N) is 2. The van der Waals surface area contributed by atoms with Crippen LogP contribution in [0.2, 0.25) is 0 Å². The van der Waals surface area contributed by atoms with Crippen LogP contribution in [0.5, 0.6) is 0 Å². The van der Waals surface area contributed by atoms with Gasteiger partial charge in [0.25, 0.3) is 5.91 Å². The summed E-state index contributed by atoms with van der Waals surface area (Å²) in [6, 6.07) is -1.44. The second-order valence-corrected chi connectivity index (χ2v) is 5.85. The van der Waals surface area contributed by atoms with Crippen LogP contribution in [-0.4, -0.2) is 47.5 Å². The Kier molecular flexibility index (Phi) is 7.80. The van der Waals surface area contributed by atoms with Gasteiger partial charge < -0.3 is 15.7 Å². The molecule has 0 spiro atoms. The highest BCUT2D eigenvalue weighted by atomic mass is 32.2. The molecule has 1 aromatic carbocycles. The minimum absolute atomic E-state index is 0.0756. The molecule has 1 atom stereocenters. The van der Waals surface area contributed by atoms with Crippen molar-refractivity contribution in [2.24, 2.45) is 0 Å². The van der Waals surface area contributed by atoms with Crippen LogP contribution >= 0.6 is 11.8 Å². The van der Waals surface area contributed by atoms with Crippen molar-refractivity contribution in [2.45, 2.75) is 12.5 Å². The molecule has 144 valence electrons. The largest absolute Gasteiger partial charge is 0.480 e. The van der Waals surface area contributed by atoms with E-state index in [1.807, 2.05) is 10.6 Å². The molecular formula is C14H13F5N2O4S. The number of benzene rings is 1. The van der Waals surface area contributed by atoms with E-state index in [1.165, 1.54) is 11.8 Å². The first-order chi connectivity index (χ1) is 12.1. The molecule has 6 nitrogen and oxygen atoms in total. The number of carbonyl (C=O) groups excluding carboxylic acids is 2. The summed E-state index contributed by atoms with van der Waals surface area (Å²) in [6.07, 6.45) is 1.58. The summed E-state index contributed by atoms with van der Waals surface area (Å²) in [4.78, 5) is 34.3. The number of thioether (sulfide) groups is 1. The topological polar surface area (TPSA) is 95.5 Å². The third-order valence-electron chi connectivity index (χ3n) is 3.08. The van der Waals surface area contributed by atoms with E-state index in [4.69, 9.17) is 5.11 Å². The molecule has 3 N–H and O–H groups in total. The van der Waals surface area contributed by atoms with Gasteiger partial charge in [0, 0.05) is 0 Å². The number of carboxylic acid groups (broad SMARTS) is 1. The smallest absolute Gasteiger partial charge is 0.322 e. The Labute approximate surface area is 148 Å². The van der Waals surface area contributed by atoms with E-state index in [-0.39, 0.29) is 12.2 Å². The Morgan fingerprint density at radius 2 is 1.50 bits per heavy atom. The molecule has 0 aliphatic heterocycles.